The average molecular weight is 242 g/mol. The molecule has 1 amide bonds. The summed E-state index contributed by atoms with van der Waals surface area (Å²) < 4.78 is 5.36. The molecule has 2 aliphatic rings. The van der Waals surface area contributed by atoms with Crippen molar-refractivity contribution >= 4 is 5.91 Å². The smallest absolute Gasteiger partial charge is 0.234 e. The van der Waals surface area contributed by atoms with Gasteiger partial charge >= 0.3 is 0 Å². The molecular weight excluding hydrogens is 220 g/mol. The second kappa shape index (κ2) is 6.33. The first kappa shape index (κ1) is 12.8. The minimum Gasteiger partial charge on any atom is -0.389 e. The number of hydrogen-bond donors (Lipinski definition) is 3. The summed E-state index contributed by atoms with van der Waals surface area (Å²) in [4.78, 5) is 11.3. The van der Waals surface area contributed by atoms with E-state index in [9.17, 15) is 9.90 Å². The molecule has 2 rings (SSSR count). The summed E-state index contributed by atoms with van der Waals surface area (Å²) in [5.41, 5.74) is 0. The predicted molar refractivity (Wildman–Crippen MR) is 63.6 cm³/mol. The highest BCUT2D eigenvalue weighted by atomic mass is 16.5. The van der Waals surface area contributed by atoms with E-state index in [-0.39, 0.29) is 12.5 Å². The maximum Gasteiger partial charge on any atom is 0.234 e. The molecule has 17 heavy (non-hydrogen) atoms. The van der Waals surface area contributed by atoms with Crippen molar-refractivity contribution in [1.82, 2.24) is 10.6 Å². The fourth-order valence-corrected chi connectivity index (χ4v) is 1.57. The van der Waals surface area contributed by atoms with E-state index in [4.69, 9.17) is 4.74 Å². The minimum absolute atomic E-state index is 0.0126. The van der Waals surface area contributed by atoms with E-state index in [1.807, 2.05) is 0 Å². The van der Waals surface area contributed by atoms with Crippen molar-refractivity contribution in [2.24, 2.45) is 5.92 Å². The number of rotatable bonds is 9. The van der Waals surface area contributed by atoms with E-state index in [1.165, 1.54) is 12.8 Å². The highest BCUT2D eigenvalue weighted by Gasteiger charge is 2.23. The molecule has 5 nitrogen and oxygen atoms in total. The highest BCUT2D eigenvalue weighted by molar-refractivity contribution is 5.78. The van der Waals surface area contributed by atoms with E-state index >= 15 is 0 Å². The number of ether oxygens (including phenoxy) is 1. The Kier molecular flexibility index (Phi) is 4.76. The third kappa shape index (κ3) is 6.00. The predicted octanol–water partition coefficient (Wildman–Crippen LogP) is -0.358. The zero-order valence-corrected chi connectivity index (χ0v) is 10.2. The van der Waals surface area contributed by atoms with Gasteiger partial charge < -0.3 is 20.5 Å². The number of nitrogens with one attached hydrogen (secondary N) is 2. The highest BCUT2D eigenvalue weighted by Crippen LogP contribution is 2.28. The number of aliphatic hydroxyl groups excluding tert-OH is 1. The Morgan fingerprint density at radius 1 is 1.35 bits per heavy atom. The van der Waals surface area contributed by atoms with E-state index in [2.05, 4.69) is 10.6 Å². The van der Waals surface area contributed by atoms with Gasteiger partial charge in [-0.2, -0.15) is 0 Å². The molecule has 0 spiro atoms. The summed E-state index contributed by atoms with van der Waals surface area (Å²) in [6.07, 6.45) is 4.19. The van der Waals surface area contributed by atoms with Crippen LogP contribution in [-0.2, 0) is 9.53 Å². The van der Waals surface area contributed by atoms with Crippen molar-refractivity contribution in [2.45, 2.75) is 37.8 Å². The second-order valence-corrected chi connectivity index (χ2v) is 5.11. The third-order valence-electron chi connectivity index (χ3n) is 2.97. The molecule has 0 radical (unpaired) electrons. The van der Waals surface area contributed by atoms with Gasteiger partial charge in [-0.25, -0.2) is 0 Å². The van der Waals surface area contributed by atoms with Crippen LogP contribution in [0.3, 0.4) is 0 Å². The molecular formula is C12H22N2O3. The largest absolute Gasteiger partial charge is 0.389 e. The van der Waals surface area contributed by atoms with Gasteiger partial charge in [0.2, 0.25) is 5.91 Å². The molecule has 0 aromatic carbocycles. The summed E-state index contributed by atoms with van der Waals surface area (Å²) >= 11 is 0. The van der Waals surface area contributed by atoms with Crippen LogP contribution in [0.2, 0.25) is 0 Å². The van der Waals surface area contributed by atoms with Crippen molar-refractivity contribution in [2.75, 3.05) is 26.3 Å². The number of aliphatic hydroxyl groups is 1. The minimum atomic E-state index is -0.525. The first-order valence-electron chi connectivity index (χ1n) is 6.50. The van der Waals surface area contributed by atoms with Crippen molar-refractivity contribution < 1.29 is 14.6 Å². The molecule has 98 valence electrons. The summed E-state index contributed by atoms with van der Waals surface area (Å²) in [6, 6.07) is 0.399. The van der Waals surface area contributed by atoms with Gasteiger partial charge in [-0.3, -0.25) is 4.79 Å². The lowest BCUT2D eigenvalue weighted by atomic mass is 10.3. The van der Waals surface area contributed by atoms with Gasteiger partial charge in [0.05, 0.1) is 19.3 Å². The fraction of sp³-hybridized carbons (Fsp3) is 0.917. The first-order valence-corrected chi connectivity index (χ1v) is 6.50. The summed E-state index contributed by atoms with van der Waals surface area (Å²) in [5, 5.41) is 15.4. The first-order chi connectivity index (χ1) is 8.24. The molecule has 0 saturated heterocycles. The Hall–Kier alpha value is -0.650. The van der Waals surface area contributed by atoms with Crippen molar-refractivity contribution in [3.8, 4) is 0 Å². The summed E-state index contributed by atoms with van der Waals surface area (Å²) in [7, 11) is 0. The summed E-state index contributed by atoms with van der Waals surface area (Å²) in [6.45, 7) is 1.80. The molecule has 0 aliphatic heterocycles. The Bertz CT molecular complexity index is 252. The summed E-state index contributed by atoms with van der Waals surface area (Å²) in [5.74, 6) is 0.734. The molecule has 0 aromatic heterocycles. The number of carbonyl (C=O) groups excluding carboxylic acids is 1. The molecule has 1 atom stereocenters. The SMILES string of the molecule is O=C(CNCC(O)COCC1CC1)NC1CC1. The molecule has 2 aliphatic carbocycles. The van der Waals surface area contributed by atoms with Crippen LogP contribution in [0.1, 0.15) is 25.7 Å². The average Bonchev–Trinajstić information content (AvgIpc) is 3.11. The molecule has 1 unspecified atom stereocenters. The van der Waals surface area contributed by atoms with Crippen LogP contribution in [-0.4, -0.2) is 49.5 Å². The number of hydrogen-bond acceptors (Lipinski definition) is 4. The third-order valence-corrected chi connectivity index (χ3v) is 2.97. The quantitative estimate of drug-likeness (QED) is 0.516. The lowest BCUT2D eigenvalue weighted by Gasteiger charge is -2.12. The van der Waals surface area contributed by atoms with E-state index in [1.54, 1.807) is 0 Å². The molecule has 2 fully saturated rings. The fourth-order valence-electron chi connectivity index (χ4n) is 1.57. The topological polar surface area (TPSA) is 70.6 Å². The molecule has 2 saturated carbocycles. The van der Waals surface area contributed by atoms with Gasteiger partial charge in [-0.1, -0.05) is 0 Å². The van der Waals surface area contributed by atoms with Gasteiger partial charge in [0, 0.05) is 19.2 Å². The van der Waals surface area contributed by atoms with Crippen LogP contribution in [0.15, 0.2) is 0 Å². The van der Waals surface area contributed by atoms with Crippen LogP contribution in [0.4, 0.5) is 0 Å². The van der Waals surface area contributed by atoms with Crippen LogP contribution in [0, 0.1) is 5.92 Å². The molecule has 0 heterocycles. The van der Waals surface area contributed by atoms with Crippen LogP contribution in [0.5, 0.6) is 0 Å². The van der Waals surface area contributed by atoms with Gasteiger partial charge in [0.1, 0.15) is 0 Å². The normalized spacial score (nSPS) is 21.2. The van der Waals surface area contributed by atoms with Crippen LogP contribution >= 0.6 is 0 Å². The van der Waals surface area contributed by atoms with Crippen LogP contribution < -0.4 is 10.6 Å². The van der Waals surface area contributed by atoms with E-state index in [0.717, 1.165) is 25.4 Å². The van der Waals surface area contributed by atoms with Crippen molar-refractivity contribution in [1.29, 1.82) is 0 Å². The molecule has 5 heteroatoms. The zero-order chi connectivity index (χ0) is 12.1. The molecule has 0 aromatic rings. The lowest BCUT2D eigenvalue weighted by molar-refractivity contribution is -0.120. The van der Waals surface area contributed by atoms with Gasteiger partial charge in [0.15, 0.2) is 0 Å². The van der Waals surface area contributed by atoms with Gasteiger partial charge in [0.25, 0.3) is 0 Å². The van der Waals surface area contributed by atoms with Gasteiger partial charge in [-0.05, 0) is 31.6 Å². The number of amides is 1. The lowest BCUT2D eigenvalue weighted by Crippen LogP contribution is -2.39. The second-order valence-electron chi connectivity index (χ2n) is 5.11. The Morgan fingerprint density at radius 2 is 2.12 bits per heavy atom. The van der Waals surface area contributed by atoms with Crippen molar-refractivity contribution in [3.63, 3.8) is 0 Å². The standard InChI is InChI=1S/C12H22N2O3/c15-11(8-17-7-9-1-2-9)5-13-6-12(16)14-10-3-4-10/h9-11,13,15H,1-8H2,(H,14,16). The Balaban J connectivity index is 1.41. The zero-order valence-electron chi connectivity index (χ0n) is 10.2. The van der Waals surface area contributed by atoms with Gasteiger partial charge in [-0.15, -0.1) is 0 Å². The number of carbonyl (C=O) groups is 1. The molecule has 3 N–H and O–H groups in total. The van der Waals surface area contributed by atoms with Crippen molar-refractivity contribution in [3.05, 3.63) is 0 Å². The maximum atomic E-state index is 11.3. The van der Waals surface area contributed by atoms with Crippen LogP contribution in [0.25, 0.3) is 0 Å². The maximum absolute atomic E-state index is 11.3. The monoisotopic (exact) mass is 242 g/mol. The molecule has 0 bridgehead atoms. The van der Waals surface area contributed by atoms with E-state index < -0.39 is 6.10 Å². The Labute approximate surface area is 102 Å². The Morgan fingerprint density at radius 3 is 2.76 bits per heavy atom. The van der Waals surface area contributed by atoms with E-state index in [0.29, 0.717) is 19.2 Å².